The first-order valence-corrected chi connectivity index (χ1v) is 19.1. The molecule has 0 bridgehead atoms. The van der Waals surface area contributed by atoms with Gasteiger partial charge in [-0.25, -0.2) is 4.98 Å². The van der Waals surface area contributed by atoms with Gasteiger partial charge in [-0.2, -0.15) is 4.68 Å². The summed E-state index contributed by atoms with van der Waals surface area (Å²) < 4.78 is 32.9. The summed E-state index contributed by atoms with van der Waals surface area (Å²) in [6, 6.07) is 25.4. The highest BCUT2D eigenvalue weighted by Gasteiger charge is 2.52. The van der Waals surface area contributed by atoms with Crippen LogP contribution >= 0.6 is 0 Å². The smallest absolute Gasteiger partial charge is 0.280 e. The van der Waals surface area contributed by atoms with Gasteiger partial charge in [-0.1, -0.05) is 80.6 Å². The maximum Gasteiger partial charge on any atom is 0.280 e. The average molecular weight is 686 g/mol. The van der Waals surface area contributed by atoms with E-state index in [1.807, 2.05) is 78.9 Å². The van der Waals surface area contributed by atoms with Gasteiger partial charge in [-0.15, -0.1) is 5.10 Å². The zero-order valence-corrected chi connectivity index (χ0v) is 29.8. The first-order valence-electron chi connectivity index (χ1n) is 16.2. The minimum atomic E-state index is -2.46. The lowest BCUT2D eigenvalue weighted by Crippen LogP contribution is -2.49. The Morgan fingerprint density at radius 1 is 0.898 bits per heavy atom. The molecule has 0 spiro atoms. The number of hydrogen-bond acceptors (Lipinski definition) is 10. The number of aliphatic hydroxyl groups excluding tert-OH is 1. The lowest BCUT2D eigenvalue weighted by atomic mass is 9.80. The Morgan fingerprint density at radius 2 is 1.47 bits per heavy atom. The molecule has 1 aliphatic rings. The monoisotopic (exact) mass is 685 g/mol. The number of aliphatic hydroxyl groups is 1. The molecule has 1 fully saturated rings. The summed E-state index contributed by atoms with van der Waals surface area (Å²) in [4.78, 5) is 19.4. The molecule has 0 radical (unpaired) electrons. The van der Waals surface area contributed by atoms with Crippen molar-refractivity contribution in [1.29, 1.82) is 0 Å². The molecule has 0 unspecified atom stereocenters. The molecule has 1 saturated heterocycles. The van der Waals surface area contributed by atoms with E-state index in [4.69, 9.17) is 23.4 Å². The lowest BCUT2D eigenvalue weighted by molar-refractivity contribution is -0.0966. The van der Waals surface area contributed by atoms with E-state index < -0.39 is 44.0 Å². The second-order valence-corrected chi connectivity index (χ2v) is 18.4. The van der Waals surface area contributed by atoms with Gasteiger partial charge in [0.15, 0.2) is 25.7 Å². The Kier molecular flexibility index (Phi) is 9.48. The van der Waals surface area contributed by atoms with Crippen LogP contribution in [0.2, 0.25) is 18.1 Å². The standard InChI is InChI=1S/C36H43N5O7Si/c1-35(2,3)49(6,7)48-31-30(42)28(47-34(31)41-32-29(39-40-41)33(43)38-22-37-32)21-46-36(23-11-9-8-10-12-23,24-13-17-26(44-4)18-14-24)25-15-19-27(45-5)20-16-25/h8-20,22,28,30-31,34,42H,21H2,1-7H3,(H,37,38,43)/t28-,30+,31-,34-/m1/s1. The van der Waals surface area contributed by atoms with Crippen LogP contribution in [0.3, 0.4) is 0 Å². The van der Waals surface area contributed by atoms with Crippen LogP contribution in [0.4, 0.5) is 0 Å². The number of H-pyrrole nitrogens is 1. The Balaban J connectivity index is 1.43. The summed E-state index contributed by atoms with van der Waals surface area (Å²) in [5.41, 5.74) is 1.28. The van der Waals surface area contributed by atoms with Crippen molar-refractivity contribution in [2.24, 2.45) is 0 Å². The molecule has 5 aromatic rings. The van der Waals surface area contributed by atoms with Gasteiger partial charge in [0.2, 0.25) is 0 Å². The van der Waals surface area contributed by atoms with E-state index in [9.17, 15) is 9.90 Å². The van der Waals surface area contributed by atoms with Crippen molar-refractivity contribution in [2.75, 3.05) is 20.8 Å². The predicted molar refractivity (Wildman–Crippen MR) is 186 cm³/mol. The maximum absolute atomic E-state index is 12.5. The third-order valence-corrected chi connectivity index (χ3v) is 14.2. The summed E-state index contributed by atoms with van der Waals surface area (Å²) in [5, 5.41) is 20.2. The van der Waals surface area contributed by atoms with Gasteiger partial charge < -0.3 is 33.5 Å². The van der Waals surface area contributed by atoms with Gasteiger partial charge in [0, 0.05) is 0 Å². The summed E-state index contributed by atoms with van der Waals surface area (Å²) in [7, 11) is 0.788. The number of aromatic amines is 1. The van der Waals surface area contributed by atoms with Gasteiger partial charge in [0.05, 0.1) is 27.2 Å². The summed E-state index contributed by atoms with van der Waals surface area (Å²) in [5.74, 6) is 1.41. The molecule has 13 heteroatoms. The van der Waals surface area contributed by atoms with Crippen molar-refractivity contribution >= 4 is 19.5 Å². The quantitative estimate of drug-likeness (QED) is 0.141. The molecule has 3 heterocycles. The number of benzene rings is 3. The number of hydrogen-bond donors (Lipinski definition) is 2. The third-order valence-electron chi connectivity index (χ3n) is 9.70. The largest absolute Gasteiger partial charge is 0.497 e. The van der Waals surface area contributed by atoms with E-state index in [1.165, 1.54) is 11.0 Å². The Labute approximate surface area is 286 Å². The molecular formula is C36H43N5O7Si. The highest BCUT2D eigenvalue weighted by atomic mass is 28.4. The lowest BCUT2D eigenvalue weighted by Gasteiger charge is -2.40. The van der Waals surface area contributed by atoms with Crippen LogP contribution in [0.25, 0.3) is 11.2 Å². The van der Waals surface area contributed by atoms with Gasteiger partial charge in [-0.05, 0) is 59.1 Å². The van der Waals surface area contributed by atoms with E-state index in [-0.39, 0.29) is 22.8 Å². The minimum absolute atomic E-state index is 0.0391. The number of nitrogens with one attached hydrogen (secondary N) is 1. The maximum atomic E-state index is 12.5. The molecule has 258 valence electrons. The number of nitrogens with zero attached hydrogens (tertiary/aromatic N) is 4. The zero-order chi connectivity index (χ0) is 35.0. The van der Waals surface area contributed by atoms with Gasteiger partial charge in [0.25, 0.3) is 5.56 Å². The predicted octanol–water partition coefficient (Wildman–Crippen LogP) is 5.19. The van der Waals surface area contributed by atoms with Crippen molar-refractivity contribution in [3.63, 3.8) is 0 Å². The van der Waals surface area contributed by atoms with Crippen LogP contribution < -0.4 is 15.0 Å². The molecule has 1 aliphatic heterocycles. The van der Waals surface area contributed by atoms with E-state index in [2.05, 4.69) is 54.1 Å². The molecule has 49 heavy (non-hydrogen) atoms. The minimum Gasteiger partial charge on any atom is -0.497 e. The van der Waals surface area contributed by atoms with Gasteiger partial charge in [-0.3, -0.25) is 4.79 Å². The second kappa shape index (κ2) is 13.5. The number of aromatic nitrogens is 5. The van der Waals surface area contributed by atoms with E-state index in [0.29, 0.717) is 11.5 Å². The molecule has 4 atom stereocenters. The molecule has 0 aliphatic carbocycles. The number of fused-ring (bicyclic) bond motifs is 1. The van der Waals surface area contributed by atoms with Crippen molar-refractivity contribution < 1.29 is 28.5 Å². The highest BCUT2D eigenvalue weighted by molar-refractivity contribution is 6.74. The Morgan fingerprint density at radius 3 is 2.02 bits per heavy atom. The molecule has 6 rings (SSSR count). The van der Waals surface area contributed by atoms with Crippen LogP contribution in [0.1, 0.15) is 43.7 Å². The zero-order valence-electron chi connectivity index (χ0n) is 28.8. The number of methoxy groups -OCH3 is 2. The highest BCUT2D eigenvalue weighted by Crippen LogP contribution is 2.45. The van der Waals surface area contributed by atoms with Crippen LogP contribution in [-0.2, 0) is 19.5 Å². The number of ether oxygens (including phenoxy) is 4. The molecule has 12 nitrogen and oxygen atoms in total. The Bertz CT molecular complexity index is 1880. The topological polar surface area (TPSA) is 143 Å². The summed E-state index contributed by atoms with van der Waals surface area (Å²) >= 11 is 0. The van der Waals surface area contributed by atoms with Crippen molar-refractivity contribution in [3.05, 3.63) is 112 Å². The Hall–Kier alpha value is -4.40. The van der Waals surface area contributed by atoms with Crippen LogP contribution in [0, 0.1) is 0 Å². The fourth-order valence-electron chi connectivity index (χ4n) is 5.93. The molecular weight excluding hydrogens is 643 g/mol. The van der Waals surface area contributed by atoms with Crippen LogP contribution in [-0.4, -0.2) is 77.5 Å². The van der Waals surface area contributed by atoms with E-state index in [0.717, 1.165) is 16.7 Å². The first-order chi connectivity index (χ1) is 23.4. The van der Waals surface area contributed by atoms with Crippen LogP contribution in [0.5, 0.6) is 11.5 Å². The van der Waals surface area contributed by atoms with Crippen molar-refractivity contribution in [2.45, 2.75) is 69.0 Å². The summed E-state index contributed by atoms with van der Waals surface area (Å²) in [6.45, 7) is 10.6. The number of rotatable bonds is 11. The second-order valence-electron chi connectivity index (χ2n) is 13.7. The SMILES string of the molecule is COc1ccc(C(OC[C@H]2O[C@@H](n3nnc4c(=O)[nH]cnc43)[C@H](O[Si](C)(C)C(C)(C)C)[C@H]2O)(c2ccccc2)c2ccc(OC)cc2)cc1. The third kappa shape index (κ3) is 6.40. The van der Waals surface area contributed by atoms with E-state index >= 15 is 0 Å². The summed E-state index contributed by atoms with van der Waals surface area (Å²) in [6.07, 6.45) is -2.49. The first kappa shape index (κ1) is 34.5. The molecule has 2 aromatic heterocycles. The van der Waals surface area contributed by atoms with Crippen molar-refractivity contribution in [1.82, 2.24) is 25.0 Å². The van der Waals surface area contributed by atoms with Crippen LogP contribution in [0.15, 0.2) is 90.0 Å². The van der Waals surface area contributed by atoms with Gasteiger partial charge >= 0.3 is 0 Å². The average Bonchev–Trinajstić information content (AvgIpc) is 3.66. The normalized spacial score (nSPS) is 20.1. The molecule has 3 aromatic carbocycles. The molecule has 2 N–H and O–H groups in total. The van der Waals surface area contributed by atoms with Crippen molar-refractivity contribution in [3.8, 4) is 11.5 Å². The fourth-order valence-corrected chi connectivity index (χ4v) is 7.22. The molecule has 0 saturated carbocycles. The fraction of sp³-hybridized carbons (Fsp3) is 0.389. The molecule has 0 amide bonds. The van der Waals surface area contributed by atoms with Gasteiger partial charge in [0.1, 0.15) is 35.4 Å². The van der Waals surface area contributed by atoms with E-state index in [1.54, 1.807) is 14.2 Å².